The van der Waals surface area contributed by atoms with E-state index in [1.165, 1.54) is 12.1 Å². The van der Waals surface area contributed by atoms with Gasteiger partial charge < -0.3 is 20.2 Å². The predicted molar refractivity (Wildman–Crippen MR) is 40.6 cm³/mol. The summed E-state index contributed by atoms with van der Waals surface area (Å²) in [6.07, 6.45) is 0. The van der Waals surface area contributed by atoms with Crippen LogP contribution in [-0.4, -0.2) is 23.4 Å². The number of rotatable bonds is 2. The molecular formula is C6H9LiO4Si. The Hall–Kier alpha value is -0.286. The molecule has 6 heteroatoms. The van der Waals surface area contributed by atoms with Crippen LogP contribution in [0.4, 0.5) is 0 Å². The monoisotopic (exact) mass is 180 g/mol. The zero-order valence-corrected chi connectivity index (χ0v) is 7.64. The largest absolute Gasteiger partial charge is 1.00 e. The molecule has 1 rings (SSSR count). The first-order valence-corrected chi connectivity index (χ1v) is 4.74. The Morgan fingerprint density at radius 2 is 1.58 bits per heavy atom. The molecule has 0 heterocycles. The molecule has 1 aromatic rings. The molecule has 3 N–H and O–H groups in total. The Balaban J connectivity index is 0. The molecule has 1 aromatic carbocycles. The Morgan fingerprint density at radius 1 is 1.08 bits per heavy atom. The van der Waals surface area contributed by atoms with Gasteiger partial charge in [0.2, 0.25) is 0 Å². The first kappa shape index (κ1) is 11.7. The van der Waals surface area contributed by atoms with Crippen LogP contribution in [0.2, 0.25) is 0 Å². The second-order valence-corrected chi connectivity index (χ2v) is 3.34. The second kappa shape index (κ2) is 4.67. The molecule has 4 nitrogen and oxygen atoms in total. The molecule has 12 heavy (non-hydrogen) atoms. The van der Waals surface area contributed by atoms with Crippen molar-refractivity contribution in [3.8, 4) is 5.75 Å². The fourth-order valence-corrected chi connectivity index (χ4v) is 1.10. The van der Waals surface area contributed by atoms with E-state index in [9.17, 15) is 0 Å². The maximum absolute atomic E-state index is 8.50. The van der Waals surface area contributed by atoms with Crippen molar-refractivity contribution in [2.75, 3.05) is 0 Å². The summed E-state index contributed by atoms with van der Waals surface area (Å²) >= 11 is 0. The van der Waals surface area contributed by atoms with Crippen molar-refractivity contribution in [3.05, 3.63) is 30.3 Å². The Kier molecular flexibility index (Phi) is 4.56. The molecule has 62 valence electrons. The first-order chi connectivity index (χ1) is 5.08. The molecule has 0 bridgehead atoms. The molecule has 0 saturated heterocycles. The SMILES string of the molecule is O[Si](O)(O)Oc1ccccc1.[H-].[Li+]. The Morgan fingerprint density at radius 3 is 2.00 bits per heavy atom. The summed E-state index contributed by atoms with van der Waals surface area (Å²) < 4.78 is 4.41. The van der Waals surface area contributed by atoms with E-state index < -0.39 is 9.05 Å². The summed E-state index contributed by atoms with van der Waals surface area (Å²) in [5.41, 5.74) is 0. The molecule has 0 aliphatic heterocycles. The number of hydrogen-bond donors (Lipinski definition) is 3. The maximum Gasteiger partial charge on any atom is 1.00 e. The van der Waals surface area contributed by atoms with E-state index in [2.05, 4.69) is 4.43 Å². The van der Waals surface area contributed by atoms with E-state index in [0.717, 1.165) is 0 Å². The van der Waals surface area contributed by atoms with Crippen LogP contribution >= 0.6 is 0 Å². The van der Waals surface area contributed by atoms with E-state index in [4.69, 9.17) is 14.4 Å². The standard InChI is InChI=1S/C6H8O4Si.Li.H/c7-11(8,9)10-6-4-2-1-3-5-6;;/h1-5,7-9H;;/q;+1;-1. The zero-order valence-electron chi connectivity index (χ0n) is 7.64. The summed E-state index contributed by atoms with van der Waals surface area (Å²) in [5.74, 6) is 0.242. The van der Waals surface area contributed by atoms with E-state index in [1.807, 2.05) is 0 Å². The van der Waals surface area contributed by atoms with Crippen molar-refractivity contribution in [2.24, 2.45) is 0 Å². The molecule has 0 aromatic heterocycles. The van der Waals surface area contributed by atoms with Gasteiger partial charge in [-0.3, -0.25) is 0 Å². The summed E-state index contributed by atoms with van der Waals surface area (Å²) in [5, 5.41) is 0. The van der Waals surface area contributed by atoms with E-state index in [-0.39, 0.29) is 26.0 Å². The topological polar surface area (TPSA) is 69.9 Å². The van der Waals surface area contributed by atoms with Gasteiger partial charge in [0.15, 0.2) is 0 Å². The quantitative estimate of drug-likeness (QED) is 0.415. The summed E-state index contributed by atoms with van der Waals surface area (Å²) in [7, 11) is -4.40. The van der Waals surface area contributed by atoms with Gasteiger partial charge in [0.25, 0.3) is 0 Å². The third-order valence-corrected chi connectivity index (χ3v) is 1.51. The van der Waals surface area contributed by atoms with Crippen LogP contribution in [-0.2, 0) is 0 Å². The van der Waals surface area contributed by atoms with Crippen molar-refractivity contribution in [2.45, 2.75) is 0 Å². The molecule has 0 unspecified atom stereocenters. The van der Waals surface area contributed by atoms with Crippen LogP contribution in [0.15, 0.2) is 30.3 Å². The van der Waals surface area contributed by atoms with Crippen LogP contribution in [0.25, 0.3) is 0 Å². The minimum atomic E-state index is -4.40. The summed E-state index contributed by atoms with van der Waals surface area (Å²) in [6, 6.07) is 8.11. The van der Waals surface area contributed by atoms with Crippen LogP contribution in [0.3, 0.4) is 0 Å². The van der Waals surface area contributed by atoms with Gasteiger partial charge in [0.1, 0.15) is 5.75 Å². The fraction of sp³-hybridized carbons (Fsp3) is 0. The van der Waals surface area contributed by atoms with Crippen molar-refractivity contribution in [3.63, 3.8) is 0 Å². The van der Waals surface area contributed by atoms with Crippen LogP contribution in [0.5, 0.6) is 5.75 Å². The first-order valence-electron chi connectivity index (χ1n) is 2.99. The predicted octanol–water partition coefficient (Wildman–Crippen LogP) is -3.41. The van der Waals surface area contributed by atoms with Gasteiger partial charge in [-0.25, -0.2) is 0 Å². The average molecular weight is 180 g/mol. The molecule has 0 amide bonds. The van der Waals surface area contributed by atoms with Crippen molar-refractivity contribution in [1.82, 2.24) is 0 Å². The molecule has 0 aliphatic rings. The number of para-hydroxylation sites is 1. The third-order valence-electron chi connectivity index (χ3n) is 0.998. The van der Waals surface area contributed by atoms with Gasteiger partial charge in [-0.05, 0) is 12.1 Å². The smallest absolute Gasteiger partial charge is 1.00 e. The van der Waals surface area contributed by atoms with Crippen LogP contribution < -0.4 is 23.3 Å². The number of hydrogen-bond acceptors (Lipinski definition) is 4. The van der Waals surface area contributed by atoms with Gasteiger partial charge in [-0.2, -0.15) is 0 Å². The summed E-state index contributed by atoms with van der Waals surface area (Å²) in [6.45, 7) is 0. The Labute approximate surface area is 84.6 Å². The van der Waals surface area contributed by atoms with Gasteiger partial charge in [0, 0.05) is 0 Å². The molecule has 0 aliphatic carbocycles. The zero-order chi connectivity index (χ0) is 8.32. The minimum absolute atomic E-state index is 0. The third kappa shape index (κ3) is 4.56. The molecule has 0 spiro atoms. The average Bonchev–Trinajstić information content (AvgIpc) is 1.85. The van der Waals surface area contributed by atoms with Gasteiger partial charge in [0.05, 0.1) is 0 Å². The minimum Gasteiger partial charge on any atom is -1.00 e. The van der Waals surface area contributed by atoms with Crippen molar-refractivity contribution >= 4 is 9.05 Å². The van der Waals surface area contributed by atoms with E-state index in [1.54, 1.807) is 18.2 Å². The summed E-state index contributed by atoms with van der Waals surface area (Å²) in [4.78, 5) is 25.5. The van der Waals surface area contributed by atoms with Crippen LogP contribution in [0, 0.1) is 0 Å². The fourth-order valence-electron chi connectivity index (χ4n) is 0.647. The second-order valence-electron chi connectivity index (χ2n) is 1.99. The molecular weight excluding hydrogens is 171 g/mol. The maximum atomic E-state index is 8.50. The molecule has 0 fully saturated rings. The Bertz CT molecular complexity index is 228. The van der Waals surface area contributed by atoms with E-state index in [0.29, 0.717) is 0 Å². The molecule has 0 saturated carbocycles. The van der Waals surface area contributed by atoms with E-state index >= 15 is 0 Å². The van der Waals surface area contributed by atoms with Gasteiger partial charge >= 0.3 is 27.9 Å². The van der Waals surface area contributed by atoms with Crippen LogP contribution in [0.1, 0.15) is 1.43 Å². The molecule has 0 radical (unpaired) electrons. The van der Waals surface area contributed by atoms with Gasteiger partial charge in [-0.1, -0.05) is 18.2 Å². The number of benzene rings is 1. The van der Waals surface area contributed by atoms with Crippen molar-refractivity contribution < 1.29 is 39.1 Å². The normalized spacial score (nSPS) is 10.2. The van der Waals surface area contributed by atoms with Crippen molar-refractivity contribution in [1.29, 1.82) is 0 Å². The molecule has 0 atom stereocenters. The van der Waals surface area contributed by atoms with Gasteiger partial charge in [-0.15, -0.1) is 0 Å².